The first-order valence-electron chi connectivity index (χ1n) is 7.99. The van der Waals surface area contributed by atoms with Gasteiger partial charge in [0.1, 0.15) is 5.75 Å². The molecule has 0 atom stereocenters. The molecule has 0 saturated heterocycles. The standard InChI is InChI=1S/C21H25NO/c1-15(2)14-16(3)20-8-6-7-9-21(20)17(4)22-18-10-12-19(23-5)13-11-18/h6-15H,1-5H3/b16-14+,22-17?. The Morgan fingerprint density at radius 2 is 1.57 bits per heavy atom. The molecule has 0 saturated carbocycles. The Bertz CT molecular complexity index is 709. The molecule has 0 radical (unpaired) electrons. The number of hydrogen-bond donors (Lipinski definition) is 0. The molecule has 2 nitrogen and oxygen atoms in total. The second-order valence-electron chi connectivity index (χ2n) is 6.03. The van der Waals surface area contributed by atoms with Crippen LogP contribution in [0.1, 0.15) is 38.8 Å². The number of hydrogen-bond acceptors (Lipinski definition) is 2. The minimum atomic E-state index is 0.530. The van der Waals surface area contributed by atoms with E-state index in [0.29, 0.717) is 5.92 Å². The summed E-state index contributed by atoms with van der Waals surface area (Å²) in [6.45, 7) is 8.63. The summed E-state index contributed by atoms with van der Waals surface area (Å²) in [5, 5.41) is 0. The molecule has 0 spiro atoms. The Balaban J connectivity index is 2.38. The highest BCUT2D eigenvalue weighted by atomic mass is 16.5. The van der Waals surface area contributed by atoms with Gasteiger partial charge >= 0.3 is 0 Å². The summed E-state index contributed by atoms with van der Waals surface area (Å²) in [6, 6.07) is 16.3. The number of nitrogens with zero attached hydrogens (tertiary/aromatic N) is 1. The van der Waals surface area contributed by atoms with E-state index in [1.165, 1.54) is 16.7 Å². The maximum Gasteiger partial charge on any atom is 0.119 e. The van der Waals surface area contributed by atoms with Crippen LogP contribution in [0.3, 0.4) is 0 Å². The molecular formula is C21H25NO. The number of rotatable bonds is 5. The summed E-state index contributed by atoms with van der Waals surface area (Å²) < 4.78 is 5.19. The van der Waals surface area contributed by atoms with Crippen molar-refractivity contribution in [1.29, 1.82) is 0 Å². The number of aliphatic imine (C=N–C) groups is 1. The lowest BCUT2D eigenvalue weighted by atomic mass is 9.96. The molecule has 0 N–H and O–H groups in total. The molecule has 0 unspecified atom stereocenters. The van der Waals surface area contributed by atoms with Gasteiger partial charge < -0.3 is 4.74 Å². The first-order chi connectivity index (χ1) is 11.0. The Hall–Kier alpha value is -2.35. The Labute approximate surface area is 139 Å². The van der Waals surface area contributed by atoms with Gasteiger partial charge in [-0.05, 0) is 55.2 Å². The second kappa shape index (κ2) is 7.77. The summed E-state index contributed by atoms with van der Waals surface area (Å²) >= 11 is 0. The lowest BCUT2D eigenvalue weighted by Crippen LogP contribution is -2.00. The lowest BCUT2D eigenvalue weighted by Gasteiger charge is -2.11. The van der Waals surface area contributed by atoms with Crippen molar-refractivity contribution in [2.75, 3.05) is 7.11 Å². The fourth-order valence-electron chi connectivity index (χ4n) is 2.64. The third-order valence-electron chi connectivity index (χ3n) is 3.69. The van der Waals surface area contributed by atoms with Crippen molar-refractivity contribution >= 4 is 17.0 Å². The Morgan fingerprint density at radius 3 is 2.13 bits per heavy atom. The summed E-state index contributed by atoms with van der Waals surface area (Å²) in [4.78, 5) is 4.76. The van der Waals surface area contributed by atoms with Gasteiger partial charge in [-0.15, -0.1) is 0 Å². The summed E-state index contributed by atoms with van der Waals surface area (Å²) in [7, 11) is 1.67. The lowest BCUT2D eigenvalue weighted by molar-refractivity contribution is 0.415. The van der Waals surface area contributed by atoms with Gasteiger partial charge in [0.25, 0.3) is 0 Å². The molecule has 2 rings (SSSR count). The fourth-order valence-corrected chi connectivity index (χ4v) is 2.64. The Kier molecular flexibility index (Phi) is 5.75. The van der Waals surface area contributed by atoms with Crippen molar-refractivity contribution in [2.45, 2.75) is 27.7 Å². The van der Waals surface area contributed by atoms with Crippen LogP contribution in [-0.2, 0) is 0 Å². The molecule has 0 aliphatic rings. The van der Waals surface area contributed by atoms with Crippen molar-refractivity contribution in [3.63, 3.8) is 0 Å². The van der Waals surface area contributed by atoms with Crippen molar-refractivity contribution in [1.82, 2.24) is 0 Å². The highest BCUT2D eigenvalue weighted by molar-refractivity contribution is 6.04. The average molecular weight is 307 g/mol. The molecule has 0 bridgehead atoms. The molecular weight excluding hydrogens is 282 g/mol. The maximum absolute atomic E-state index is 5.19. The highest BCUT2D eigenvalue weighted by Gasteiger charge is 2.07. The molecule has 0 fully saturated rings. The molecule has 0 amide bonds. The molecule has 0 heterocycles. The third kappa shape index (κ3) is 4.56. The zero-order valence-electron chi connectivity index (χ0n) is 14.6. The van der Waals surface area contributed by atoms with Crippen LogP contribution < -0.4 is 4.74 Å². The van der Waals surface area contributed by atoms with Gasteiger partial charge in [0.05, 0.1) is 12.8 Å². The van der Waals surface area contributed by atoms with Gasteiger partial charge in [0.2, 0.25) is 0 Å². The van der Waals surface area contributed by atoms with E-state index in [9.17, 15) is 0 Å². The zero-order valence-corrected chi connectivity index (χ0v) is 14.6. The van der Waals surface area contributed by atoms with Crippen LogP contribution >= 0.6 is 0 Å². The smallest absolute Gasteiger partial charge is 0.119 e. The SMILES string of the molecule is COc1ccc(N=C(C)c2ccccc2/C(C)=C/C(C)C)cc1. The van der Waals surface area contributed by atoms with Crippen LogP contribution in [0.4, 0.5) is 5.69 Å². The number of ether oxygens (including phenoxy) is 1. The first-order valence-corrected chi connectivity index (χ1v) is 7.99. The summed E-state index contributed by atoms with van der Waals surface area (Å²) in [5.74, 6) is 1.37. The topological polar surface area (TPSA) is 21.6 Å². The van der Waals surface area contributed by atoms with Crippen LogP contribution in [0.2, 0.25) is 0 Å². The van der Waals surface area contributed by atoms with E-state index < -0.39 is 0 Å². The van der Waals surface area contributed by atoms with Gasteiger partial charge in [0, 0.05) is 11.3 Å². The quantitative estimate of drug-likeness (QED) is 0.631. The van der Waals surface area contributed by atoms with Crippen molar-refractivity contribution in [3.8, 4) is 5.75 Å². The van der Waals surface area contributed by atoms with Crippen molar-refractivity contribution in [2.24, 2.45) is 10.9 Å². The zero-order chi connectivity index (χ0) is 16.8. The van der Waals surface area contributed by atoms with Crippen molar-refractivity contribution in [3.05, 3.63) is 65.7 Å². The van der Waals surface area contributed by atoms with Crippen LogP contribution in [0.5, 0.6) is 5.75 Å². The van der Waals surface area contributed by atoms with Gasteiger partial charge in [-0.25, -0.2) is 0 Å². The van der Waals surface area contributed by atoms with E-state index in [2.05, 4.69) is 58.0 Å². The van der Waals surface area contributed by atoms with Gasteiger partial charge in [0.15, 0.2) is 0 Å². The first kappa shape index (κ1) is 17.0. The van der Waals surface area contributed by atoms with E-state index in [-0.39, 0.29) is 0 Å². The predicted molar refractivity (Wildman–Crippen MR) is 99.8 cm³/mol. The molecule has 120 valence electrons. The third-order valence-corrected chi connectivity index (χ3v) is 3.69. The molecule has 2 heteroatoms. The van der Waals surface area contributed by atoms with Crippen LogP contribution in [0.25, 0.3) is 5.57 Å². The normalized spacial score (nSPS) is 12.6. The van der Waals surface area contributed by atoms with Gasteiger partial charge in [-0.3, -0.25) is 4.99 Å². The highest BCUT2D eigenvalue weighted by Crippen LogP contribution is 2.24. The maximum atomic E-state index is 5.19. The van der Waals surface area contributed by atoms with Crippen LogP contribution in [0.15, 0.2) is 59.6 Å². The summed E-state index contributed by atoms with van der Waals surface area (Å²) in [5.41, 5.74) is 5.67. The minimum absolute atomic E-state index is 0.530. The molecule has 0 aliphatic carbocycles. The summed E-state index contributed by atoms with van der Waals surface area (Å²) in [6.07, 6.45) is 2.29. The Morgan fingerprint density at radius 1 is 0.957 bits per heavy atom. The number of benzene rings is 2. The largest absolute Gasteiger partial charge is 0.497 e. The molecule has 0 aromatic heterocycles. The molecule has 2 aromatic rings. The number of allylic oxidation sites excluding steroid dienone is 2. The second-order valence-corrected chi connectivity index (χ2v) is 6.03. The van der Waals surface area contributed by atoms with Crippen LogP contribution in [0, 0.1) is 5.92 Å². The minimum Gasteiger partial charge on any atom is -0.497 e. The fraction of sp³-hybridized carbons (Fsp3) is 0.286. The van der Waals surface area contributed by atoms with E-state index >= 15 is 0 Å². The number of methoxy groups -OCH3 is 1. The average Bonchev–Trinajstić information content (AvgIpc) is 2.55. The van der Waals surface area contributed by atoms with E-state index in [1.54, 1.807) is 7.11 Å². The molecule has 2 aromatic carbocycles. The van der Waals surface area contributed by atoms with Crippen molar-refractivity contribution < 1.29 is 4.74 Å². The predicted octanol–water partition coefficient (Wildman–Crippen LogP) is 5.90. The van der Waals surface area contributed by atoms with E-state index in [4.69, 9.17) is 9.73 Å². The molecule has 23 heavy (non-hydrogen) atoms. The van der Waals surface area contributed by atoms with Gasteiger partial charge in [-0.1, -0.05) is 44.2 Å². The molecule has 0 aliphatic heterocycles. The monoisotopic (exact) mass is 307 g/mol. The van der Waals surface area contributed by atoms with Crippen LogP contribution in [-0.4, -0.2) is 12.8 Å². The van der Waals surface area contributed by atoms with E-state index in [0.717, 1.165) is 17.1 Å². The van der Waals surface area contributed by atoms with E-state index in [1.807, 2.05) is 24.3 Å². The van der Waals surface area contributed by atoms with Gasteiger partial charge in [-0.2, -0.15) is 0 Å².